The Bertz CT molecular complexity index is 834. The van der Waals surface area contributed by atoms with Crippen molar-refractivity contribution in [3.8, 4) is 0 Å². The first-order valence-electron chi connectivity index (χ1n) is 9.90. The van der Waals surface area contributed by atoms with Crippen LogP contribution in [-0.4, -0.2) is 59.4 Å². The average Bonchev–Trinajstić information content (AvgIpc) is 2.77. The molecule has 7 nitrogen and oxygen atoms in total. The Morgan fingerprint density at radius 1 is 0.857 bits per heavy atom. The van der Waals surface area contributed by atoms with Gasteiger partial charge in [-0.2, -0.15) is 0 Å². The molecule has 2 aliphatic heterocycles. The van der Waals surface area contributed by atoms with Crippen molar-refractivity contribution < 1.29 is 9.59 Å². The van der Waals surface area contributed by atoms with E-state index in [1.807, 2.05) is 28.0 Å². The topological polar surface area (TPSA) is 69.6 Å². The first-order chi connectivity index (χ1) is 13.7. The number of carbonyl (C=O) groups excluding carboxylic acids is 2. The quantitative estimate of drug-likeness (QED) is 0.811. The normalized spacial score (nSPS) is 16.6. The largest absolute Gasteiger partial charge is 0.339 e. The van der Waals surface area contributed by atoms with Crippen LogP contribution in [0.2, 0.25) is 0 Å². The molecule has 0 spiro atoms. The number of para-hydroxylation sites is 1. The number of hydrogen-bond acceptors (Lipinski definition) is 5. The van der Waals surface area contributed by atoms with Crippen molar-refractivity contribution >= 4 is 23.5 Å². The van der Waals surface area contributed by atoms with Crippen LogP contribution in [0.4, 0.5) is 11.6 Å². The maximum atomic E-state index is 12.7. The number of nitrogens with zero attached hydrogens (tertiary/aromatic N) is 5. The Kier molecular flexibility index (Phi) is 5.50. The molecule has 0 atom stereocenters. The lowest BCUT2D eigenvalue weighted by molar-refractivity contribution is -0.133. The molecule has 1 fully saturated rings. The van der Waals surface area contributed by atoms with E-state index in [0.29, 0.717) is 32.1 Å². The minimum absolute atomic E-state index is 0.0387. The van der Waals surface area contributed by atoms with Gasteiger partial charge in [-0.3, -0.25) is 9.59 Å². The standard InChI is InChI=1S/C21H25N5O2/c27-19(24-13-15-25(16-14-24)21-22-10-4-11-23-21)8-9-20(28)26-12-3-6-17-5-1-2-7-18(17)26/h1-2,4-5,7,10-11H,3,6,8-9,12-16H2. The van der Waals surface area contributed by atoms with Crippen LogP contribution in [0, 0.1) is 0 Å². The Morgan fingerprint density at radius 3 is 2.36 bits per heavy atom. The summed E-state index contributed by atoms with van der Waals surface area (Å²) in [4.78, 5) is 39.6. The minimum atomic E-state index is 0.0387. The highest BCUT2D eigenvalue weighted by Crippen LogP contribution is 2.27. The lowest BCUT2D eigenvalue weighted by Crippen LogP contribution is -2.49. The van der Waals surface area contributed by atoms with Gasteiger partial charge in [0.25, 0.3) is 0 Å². The highest BCUT2D eigenvalue weighted by Gasteiger charge is 2.25. The van der Waals surface area contributed by atoms with Crippen molar-refractivity contribution in [3.63, 3.8) is 0 Å². The van der Waals surface area contributed by atoms with Crippen LogP contribution >= 0.6 is 0 Å². The fourth-order valence-corrected chi connectivity index (χ4v) is 3.91. The zero-order chi connectivity index (χ0) is 19.3. The third kappa shape index (κ3) is 3.98. The Morgan fingerprint density at radius 2 is 1.57 bits per heavy atom. The van der Waals surface area contributed by atoms with Crippen LogP contribution in [0.1, 0.15) is 24.8 Å². The van der Waals surface area contributed by atoms with Gasteiger partial charge in [0.2, 0.25) is 17.8 Å². The summed E-state index contributed by atoms with van der Waals surface area (Å²) in [5.74, 6) is 0.789. The van der Waals surface area contributed by atoms with Gasteiger partial charge in [-0.05, 0) is 30.5 Å². The number of hydrogen-bond donors (Lipinski definition) is 0. The molecule has 0 saturated carbocycles. The molecule has 0 aliphatic carbocycles. The Balaban J connectivity index is 1.28. The summed E-state index contributed by atoms with van der Waals surface area (Å²) >= 11 is 0. The van der Waals surface area contributed by atoms with Gasteiger partial charge >= 0.3 is 0 Å². The zero-order valence-electron chi connectivity index (χ0n) is 16.0. The fraction of sp³-hybridized carbons (Fsp3) is 0.429. The summed E-state index contributed by atoms with van der Waals surface area (Å²) in [6.45, 7) is 3.43. The number of aryl methyl sites for hydroxylation is 1. The third-order valence-electron chi connectivity index (χ3n) is 5.43. The van der Waals surface area contributed by atoms with E-state index in [4.69, 9.17) is 0 Å². The molecule has 0 radical (unpaired) electrons. The molecule has 1 aromatic heterocycles. The van der Waals surface area contributed by atoms with Crippen LogP contribution in [0.15, 0.2) is 42.7 Å². The van der Waals surface area contributed by atoms with Crippen molar-refractivity contribution in [2.24, 2.45) is 0 Å². The van der Waals surface area contributed by atoms with E-state index in [1.165, 1.54) is 5.56 Å². The van der Waals surface area contributed by atoms with E-state index >= 15 is 0 Å². The molecule has 3 heterocycles. The molecular formula is C21H25N5O2. The summed E-state index contributed by atoms with van der Waals surface area (Å²) in [7, 11) is 0. The monoisotopic (exact) mass is 379 g/mol. The van der Waals surface area contributed by atoms with Crippen molar-refractivity contribution in [3.05, 3.63) is 48.3 Å². The zero-order valence-corrected chi connectivity index (χ0v) is 16.0. The second-order valence-electron chi connectivity index (χ2n) is 7.19. The molecular weight excluding hydrogens is 354 g/mol. The van der Waals surface area contributed by atoms with Crippen LogP contribution in [0.3, 0.4) is 0 Å². The third-order valence-corrected chi connectivity index (χ3v) is 5.43. The van der Waals surface area contributed by atoms with Crippen molar-refractivity contribution in [2.45, 2.75) is 25.7 Å². The van der Waals surface area contributed by atoms with Crippen LogP contribution < -0.4 is 9.80 Å². The average molecular weight is 379 g/mol. The number of amides is 2. The van der Waals surface area contributed by atoms with Crippen LogP contribution in [0.5, 0.6) is 0 Å². The number of anilines is 2. The number of carbonyl (C=O) groups is 2. The number of benzene rings is 1. The van der Waals surface area contributed by atoms with Gasteiger partial charge in [0.05, 0.1) is 0 Å². The molecule has 2 aliphatic rings. The maximum Gasteiger partial charge on any atom is 0.227 e. The molecule has 7 heteroatoms. The van der Waals surface area contributed by atoms with Gasteiger partial charge in [0, 0.05) is 63.6 Å². The first-order valence-corrected chi connectivity index (χ1v) is 9.90. The van der Waals surface area contributed by atoms with Gasteiger partial charge in [0.1, 0.15) is 0 Å². The van der Waals surface area contributed by atoms with Gasteiger partial charge in [0.15, 0.2) is 0 Å². The minimum Gasteiger partial charge on any atom is -0.339 e. The molecule has 1 saturated heterocycles. The van der Waals surface area contributed by atoms with E-state index in [2.05, 4.69) is 20.9 Å². The molecule has 1 aromatic carbocycles. The second kappa shape index (κ2) is 8.37. The van der Waals surface area contributed by atoms with Gasteiger partial charge in [-0.1, -0.05) is 18.2 Å². The summed E-state index contributed by atoms with van der Waals surface area (Å²) in [5.41, 5.74) is 2.22. The Labute approximate surface area is 165 Å². The SMILES string of the molecule is O=C(CCC(=O)N1CCCc2ccccc21)N1CCN(c2ncccn2)CC1. The van der Waals surface area contributed by atoms with Crippen molar-refractivity contribution in [1.29, 1.82) is 0 Å². The lowest BCUT2D eigenvalue weighted by atomic mass is 10.0. The summed E-state index contributed by atoms with van der Waals surface area (Å²) in [6.07, 6.45) is 5.96. The highest BCUT2D eigenvalue weighted by atomic mass is 16.2. The Hall–Kier alpha value is -2.96. The second-order valence-corrected chi connectivity index (χ2v) is 7.19. The number of rotatable bonds is 4. The summed E-state index contributed by atoms with van der Waals surface area (Å²) < 4.78 is 0. The lowest BCUT2D eigenvalue weighted by Gasteiger charge is -2.35. The predicted molar refractivity (Wildman–Crippen MR) is 107 cm³/mol. The number of fused-ring (bicyclic) bond motifs is 1. The fourth-order valence-electron chi connectivity index (χ4n) is 3.91. The van der Waals surface area contributed by atoms with Gasteiger partial charge < -0.3 is 14.7 Å². The first kappa shape index (κ1) is 18.4. The number of aromatic nitrogens is 2. The molecule has 4 rings (SSSR count). The molecule has 0 N–H and O–H groups in total. The van der Waals surface area contributed by atoms with E-state index in [-0.39, 0.29) is 24.7 Å². The van der Waals surface area contributed by atoms with Gasteiger partial charge in [-0.25, -0.2) is 9.97 Å². The summed E-state index contributed by atoms with van der Waals surface area (Å²) in [5, 5.41) is 0. The van der Waals surface area contributed by atoms with E-state index in [1.54, 1.807) is 18.5 Å². The van der Waals surface area contributed by atoms with Crippen molar-refractivity contribution in [1.82, 2.24) is 14.9 Å². The molecule has 146 valence electrons. The van der Waals surface area contributed by atoms with Crippen LogP contribution in [-0.2, 0) is 16.0 Å². The van der Waals surface area contributed by atoms with Crippen LogP contribution in [0.25, 0.3) is 0 Å². The molecule has 0 bridgehead atoms. The highest BCUT2D eigenvalue weighted by molar-refractivity contribution is 5.96. The smallest absolute Gasteiger partial charge is 0.227 e. The molecule has 2 amide bonds. The van der Waals surface area contributed by atoms with E-state index < -0.39 is 0 Å². The van der Waals surface area contributed by atoms with E-state index in [9.17, 15) is 9.59 Å². The van der Waals surface area contributed by atoms with Crippen molar-refractivity contribution in [2.75, 3.05) is 42.5 Å². The summed E-state index contributed by atoms with van der Waals surface area (Å²) in [6, 6.07) is 9.85. The number of piperazine rings is 1. The molecule has 28 heavy (non-hydrogen) atoms. The van der Waals surface area contributed by atoms with E-state index in [0.717, 1.165) is 25.1 Å². The molecule has 2 aromatic rings. The van der Waals surface area contributed by atoms with Gasteiger partial charge in [-0.15, -0.1) is 0 Å². The maximum absolute atomic E-state index is 12.7. The molecule has 0 unspecified atom stereocenters. The predicted octanol–water partition coefficient (Wildman–Crippen LogP) is 1.88.